The van der Waals surface area contributed by atoms with Gasteiger partial charge in [0.05, 0.1) is 19.3 Å². The summed E-state index contributed by atoms with van der Waals surface area (Å²) in [5.41, 5.74) is 1.32. The topological polar surface area (TPSA) is 48.6 Å². The summed E-state index contributed by atoms with van der Waals surface area (Å²) in [6.45, 7) is 4.82. The van der Waals surface area contributed by atoms with E-state index in [0.29, 0.717) is 11.7 Å². The number of halogens is 1. The lowest BCUT2D eigenvalue weighted by Gasteiger charge is -2.42. The van der Waals surface area contributed by atoms with Crippen molar-refractivity contribution in [3.05, 3.63) is 35.8 Å². The molecular weight excluding hydrogens is 285 g/mol. The molecule has 4 rings (SSSR count). The predicted molar refractivity (Wildman–Crippen MR) is 80.3 cm³/mol. The molecule has 2 aliphatic rings. The van der Waals surface area contributed by atoms with E-state index >= 15 is 0 Å². The minimum Gasteiger partial charge on any atom is -0.378 e. The van der Waals surface area contributed by atoms with Crippen molar-refractivity contribution in [3.63, 3.8) is 0 Å². The molecule has 1 N–H and O–H groups in total. The van der Waals surface area contributed by atoms with Gasteiger partial charge in [-0.05, 0) is 24.3 Å². The number of piperazine rings is 1. The number of hydrogen-bond acceptors (Lipinski definition) is 3. The Morgan fingerprint density at radius 2 is 1.95 bits per heavy atom. The lowest BCUT2D eigenvalue weighted by Crippen LogP contribution is -2.57. The Balaban J connectivity index is 1.46. The van der Waals surface area contributed by atoms with Crippen LogP contribution < -0.4 is 0 Å². The van der Waals surface area contributed by atoms with Gasteiger partial charge in [0.2, 0.25) is 0 Å². The number of aromatic nitrogens is 1. The highest BCUT2D eigenvalue weighted by Gasteiger charge is 2.30. The number of nitrogens with one attached hydrogen (secondary N) is 1. The Kier molecular flexibility index (Phi) is 3.35. The molecule has 3 heterocycles. The van der Waals surface area contributed by atoms with E-state index in [2.05, 4.69) is 9.88 Å². The van der Waals surface area contributed by atoms with E-state index < -0.39 is 0 Å². The van der Waals surface area contributed by atoms with Crippen LogP contribution in [-0.2, 0) is 4.74 Å². The van der Waals surface area contributed by atoms with Crippen molar-refractivity contribution in [3.8, 4) is 0 Å². The number of amides is 1. The number of benzene rings is 1. The molecule has 2 fully saturated rings. The number of aromatic amines is 1. The SMILES string of the molecule is O=C(c1cc2cc(F)ccc2[nH]1)N1CCN(C2COC2)CC1. The highest BCUT2D eigenvalue weighted by atomic mass is 19.1. The van der Waals surface area contributed by atoms with E-state index in [1.807, 2.05) is 4.90 Å². The molecular formula is C16H18FN3O2. The third-order valence-corrected chi connectivity index (χ3v) is 4.55. The van der Waals surface area contributed by atoms with Crippen LogP contribution in [-0.4, -0.2) is 66.1 Å². The summed E-state index contributed by atoms with van der Waals surface area (Å²) < 4.78 is 18.5. The van der Waals surface area contributed by atoms with Gasteiger partial charge in [-0.3, -0.25) is 9.69 Å². The van der Waals surface area contributed by atoms with Crippen molar-refractivity contribution in [1.29, 1.82) is 0 Å². The molecule has 0 aliphatic carbocycles. The number of H-pyrrole nitrogens is 1. The lowest BCUT2D eigenvalue weighted by molar-refractivity contribution is -0.0746. The van der Waals surface area contributed by atoms with Gasteiger partial charge in [-0.1, -0.05) is 0 Å². The molecule has 0 bridgehead atoms. The number of rotatable bonds is 2. The maximum atomic E-state index is 13.2. The third kappa shape index (κ3) is 2.38. The summed E-state index contributed by atoms with van der Waals surface area (Å²) in [7, 11) is 0. The molecule has 2 aliphatic heterocycles. The zero-order valence-electron chi connectivity index (χ0n) is 12.2. The first-order chi connectivity index (χ1) is 10.7. The Morgan fingerprint density at radius 1 is 1.18 bits per heavy atom. The van der Waals surface area contributed by atoms with Gasteiger partial charge >= 0.3 is 0 Å². The second kappa shape index (κ2) is 5.37. The van der Waals surface area contributed by atoms with Crippen LogP contribution in [0.5, 0.6) is 0 Å². The number of hydrogen-bond donors (Lipinski definition) is 1. The quantitative estimate of drug-likeness (QED) is 0.914. The first kappa shape index (κ1) is 13.7. The van der Waals surface area contributed by atoms with E-state index in [9.17, 15) is 9.18 Å². The molecule has 0 unspecified atom stereocenters. The van der Waals surface area contributed by atoms with Gasteiger partial charge in [0.25, 0.3) is 5.91 Å². The normalized spacial score (nSPS) is 20.3. The van der Waals surface area contributed by atoms with Gasteiger partial charge in [0.15, 0.2) is 0 Å². The highest BCUT2D eigenvalue weighted by molar-refractivity contribution is 5.98. The first-order valence-electron chi connectivity index (χ1n) is 7.60. The van der Waals surface area contributed by atoms with Crippen LogP contribution in [0.15, 0.2) is 24.3 Å². The van der Waals surface area contributed by atoms with Crippen molar-refractivity contribution in [2.45, 2.75) is 6.04 Å². The summed E-state index contributed by atoms with van der Waals surface area (Å²) in [6, 6.07) is 6.75. The number of ether oxygens (including phenoxy) is 1. The zero-order valence-corrected chi connectivity index (χ0v) is 12.2. The minimum absolute atomic E-state index is 0.0129. The van der Waals surface area contributed by atoms with Gasteiger partial charge in [0, 0.05) is 37.1 Å². The molecule has 22 heavy (non-hydrogen) atoms. The number of fused-ring (bicyclic) bond motifs is 1. The highest BCUT2D eigenvalue weighted by Crippen LogP contribution is 2.19. The van der Waals surface area contributed by atoms with Crippen molar-refractivity contribution in [1.82, 2.24) is 14.8 Å². The Hall–Kier alpha value is -1.92. The van der Waals surface area contributed by atoms with E-state index in [1.54, 1.807) is 12.1 Å². The second-order valence-corrected chi connectivity index (χ2v) is 5.93. The van der Waals surface area contributed by atoms with E-state index in [1.165, 1.54) is 12.1 Å². The molecule has 6 heteroatoms. The standard InChI is InChI=1S/C16H18FN3O2/c17-12-1-2-14-11(7-12)8-15(18-14)16(21)20-5-3-19(4-6-20)13-9-22-10-13/h1-2,7-8,13,18H,3-6,9-10H2. The van der Waals surface area contributed by atoms with E-state index in [-0.39, 0.29) is 11.7 Å². The average molecular weight is 303 g/mol. The second-order valence-electron chi connectivity index (χ2n) is 5.93. The Labute approximate surface area is 127 Å². The fourth-order valence-electron chi connectivity index (χ4n) is 3.11. The van der Waals surface area contributed by atoms with Gasteiger partial charge in [0.1, 0.15) is 11.5 Å². The smallest absolute Gasteiger partial charge is 0.270 e. The summed E-state index contributed by atoms with van der Waals surface area (Å²) in [5.74, 6) is -0.303. The minimum atomic E-state index is -0.290. The lowest BCUT2D eigenvalue weighted by atomic mass is 10.1. The maximum absolute atomic E-state index is 13.2. The van der Waals surface area contributed by atoms with Gasteiger partial charge in [-0.25, -0.2) is 4.39 Å². The van der Waals surface area contributed by atoms with Crippen LogP contribution in [0.4, 0.5) is 4.39 Å². The van der Waals surface area contributed by atoms with E-state index in [4.69, 9.17) is 4.74 Å². The third-order valence-electron chi connectivity index (χ3n) is 4.55. The fraction of sp³-hybridized carbons (Fsp3) is 0.438. The monoisotopic (exact) mass is 303 g/mol. The molecule has 1 amide bonds. The number of carbonyl (C=O) groups is 1. The largest absolute Gasteiger partial charge is 0.378 e. The summed E-state index contributed by atoms with van der Waals surface area (Å²) >= 11 is 0. The van der Waals surface area contributed by atoms with Crippen LogP contribution in [0.2, 0.25) is 0 Å². The van der Waals surface area contributed by atoms with Crippen molar-refractivity contribution in [2.75, 3.05) is 39.4 Å². The summed E-state index contributed by atoms with van der Waals surface area (Å²) in [6.07, 6.45) is 0. The molecule has 0 saturated carbocycles. The van der Waals surface area contributed by atoms with Crippen molar-refractivity contribution in [2.24, 2.45) is 0 Å². The van der Waals surface area contributed by atoms with Crippen LogP contribution in [0.25, 0.3) is 10.9 Å². The van der Waals surface area contributed by atoms with Crippen LogP contribution in [0, 0.1) is 5.82 Å². The fourth-order valence-corrected chi connectivity index (χ4v) is 3.11. The number of nitrogens with zero attached hydrogens (tertiary/aromatic N) is 2. The van der Waals surface area contributed by atoms with Gasteiger partial charge in [-0.2, -0.15) is 0 Å². The molecule has 0 atom stereocenters. The Morgan fingerprint density at radius 3 is 2.64 bits per heavy atom. The van der Waals surface area contributed by atoms with E-state index in [0.717, 1.165) is 50.3 Å². The van der Waals surface area contributed by atoms with Crippen LogP contribution in [0.1, 0.15) is 10.5 Å². The average Bonchev–Trinajstić information content (AvgIpc) is 2.88. The summed E-state index contributed by atoms with van der Waals surface area (Å²) in [5, 5.41) is 0.730. The molecule has 2 aromatic rings. The van der Waals surface area contributed by atoms with Crippen molar-refractivity contribution >= 4 is 16.8 Å². The molecule has 0 radical (unpaired) electrons. The zero-order chi connectivity index (χ0) is 15.1. The maximum Gasteiger partial charge on any atom is 0.270 e. The molecule has 116 valence electrons. The summed E-state index contributed by atoms with van der Waals surface area (Å²) in [4.78, 5) is 19.9. The van der Waals surface area contributed by atoms with Gasteiger partial charge < -0.3 is 14.6 Å². The predicted octanol–water partition coefficient (Wildman–Crippen LogP) is 1.46. The Bertz CT molecular complexity index is 702. The first-order valence-corrected chi connectivity index (χ1v) is 7.60. The molecule has 1 aromatic carbocycles. The molecule has 5 nitrogen and oxygen atoms in total. The molecule has 2 saturated heterocycles. The van der Waals surface area contributed by atoms with Crippen LogP contribution >= 0.6 is 0 Å². The van der Waals surface area contributed by atoms with Crippen molar-refractivity contribution < 1.29 is 13.9 Å². The molecule has 1 aromatic heterocycles. The number of carbonyl (C=O) groups excluding carboxylic acids is 1. The van der Waals surface area contributed by atoms with Crippen LogP contribution in [0.3, 0.4) is 0 Å². The van der Waals surface area contributed by atoms with Gasteiger partial charge in [-0.15, -0.1) is 0 Å². The molecule has 0 spiro atoms.